The summed E-state index contributed by atoms with van der Waals surface area (Å²) >= 11 is 0. The Hall–Kier alpha value is -0.780. The van der Waals surface area contributed by atoms with Crippen LogP contribution in [0.15, 0.2) is 0 Å². The molecule has 0 aromatic rings. The molecule has 0 aliphatic carbocycles. The molecule has 5 nitrogen and oxygen atoms in total. The molecule has 0 spiro atoms. The number of sulfone groups is 1. The fourth-order valence-electron chi connectivity index (χ4n) is 1.46. The van der Waals surface area contributed by atoms with Crippen molar-refractivity contribution in [1.82, 2.24) is 10.2 Å². The van der Waals surface area contributed by atoms with E-state index in [4.69, 9.17) is 0 Å². The molecular weight excluding hydrogens is 216 g/mol. The lowest BCUT2D eigenvalue weighted by Gasteiger charge is -2.25. The van der Waals surface area contributed by atoms with Gasteiger partial charge in [-0.1, -0.05) is 0 Å². The first kappa shape index (κ1) is 12.3. The highest BCUT2D eigenvalue weighted by Crippen LogP contribution is 2.12. The van der Waals surface area contributed by atoms with Crippen LogP contribution < -0.4 is 5.32 Å². The van der Waals surface area contributed by atoms with Crippen molar-refractivity contribution in [3.8, 4) is 0 Å². The third kappa shape index (κ3) is 3.70. The third-order valence-corrected chi connectivity index (χ3v) is 4.42. The molecule has 1 rings (SSSR count). The van der Waals surface area contributed by atoms with Gasteiger partial charge in [0, 0.05) is 19.6 Å². The van der Waals surface area contributed by atoms with Crippen molar-refractivity contribution in [3.63, 3.8) is 0 Å². The summed E-state index contributed by atoms with van der Waals surface area (Å²) in [6.07, 6.45) is 1.07. The van der Waals surface area contributed by atoms with Crippen LogP contribution in [-0.4, -0.2) is 50.5 Å². The highest BCUT2D eigenvalue weighted by atomic mass is 32.2. The number of hydrogen-bond donors (Lipinski definition) is 1. The number of carbonyl (C=O) groups excluding carboxylic acids is 1. The first-order valence-electron chi connectivity index (χ1n) is 5.16. The number of rotatable bonds is 2. The molecule has 6 heteroatoms. The number of hydrogen-bond acceptors (Lipinski definition) is 3. The molecule has 1 N–H and O–H groups in total. The molecule has 15 heavy (non-hydrogen) atoms. The van der Waals surface area contributed by atoms with E-state index >= 15 is 0 Å². The lowest BCUT2D eigenvalue weighted by Crippen LogP contribution is -2.46. The van der Waals surface area contributed by atoms with E-state index in [0.717, 1.165) is 0 Å². The largest absolute Gasteiger partial charge is 0.335 e. The van der Waals surface area contributed by atoms with Crippen LogP contribution in [0.5, 0.6) is 0 Å². The number of urea groups is 1. The van der Waals surface area contributed by atoms with Gasteiger partial charge in [-0.2, -0.15) is 0 Å². The van der Waals surface area contributed by atoms with Crippen LogP contribution in [0.2, 0.25) is 0 Å². The molecule has 1 saturated heterocycles. The minimum absolute atomic E-state index is 0.00928. The molecule has 2 amide bonds. The van der Waals surface area contributed by atoms with Crippen molar-refractivity contribution in [1.29, 1.82) is 0 Å². The predicted octanol–water partition coefficient (Wildman–Crippen LogP) is 0.225. The van der Waals surface area contributed by atoms with Gasteiger partial charge in [0.25, 0.3) is 0 Å². The van der Waals surface area contributed by atoms with Crippen LogP contribution in [0.3, 0.4) is 0 Å². The summed E-state index contributed by atoms with van der Waals surface area (Å²) in [7, 11) is -1.13. The van der Waals surface area contributed by atoms with Gasteiger partial charge < -0.3 is 10.2 Å². The molecule has 0 saturated carbocycles. The van der Waals surface area contributed by atoms with E-state index in [9.17, 15) is 13.2 Å². The number of nitrogens with one attached hydrogen (secondary N) is 1. The minimum atomic E-state index is -2.84. The fourth-order valence-corrected chi connectivity index (χ4v) is 2.95. The van der Waals surface area contributed by atoms with Gasteiger partial charge in [-0.25, -0.2) is 13.2 Å². The standard InChI is InChI=1S/C9H18N2O3S/c1-3-11(2)9(12)10-8-4-6-15(13,14)7-5-8/h8H,3-7H2,1-2H3,(H,10,12). The van der Waals surface area contributed by atoms with E-state index in [2.05, 4.69) is 5.32 Å². The van der Waals surface area contributed by atoms with E-state index in [0.29, 0.717) is 19.4 Å². The highest BCUT2D eigenvalue weighted by Gasteiger charge is 2.25. The normalized spacial score (nSPS) is 20.9. The maximum absolute atomic E-state index is 11.5. The van der Waals surface area contributed by atoms with Crippen molar-refractivity contribution >= 4 is 15.9 Å². The summed E-state index contributed by atoms with van der Waals surface area (Å²) in [6, 6.07) is -0.114. The summed E-state index contributed by atoms with van der Waals surface area (Å²) in [5, 5.41) is 2.83. The molecule has 0 aromatic carbocycles. The van der Waals surface area contributed by atoms with Crippen molar-refractivity contribution in [2.24, 2.45) is 0 Å². The van der Waals surface area contributed by atoms with E-state index in [1.54, 1.807) is 11.9 Å². The van der Waals surface area contributed by atoms with Crippen LogP contribution >= 0.6 is 0 Å². The van der Waals surface area contributed by atoms with Crippen molar-refractivity contribution in [2.75, 3.05) is 25.1 Å². The Labute approximate surface area is 90.7 Å². The minimum Gasteiger partial charge on any atom is -0.335 e. The van der Waals surface area contributed by atoms with Crippen LogP contribution in [0, 0.1) is 0 Å². The van der Waals surface area contributed by atoms with E-state index in [1.165, 1.54) is 0 Å². The van der Waals surface area contributed by atoms with Gasteiger partial charge in [0.2, 0.25) is 0 Å². The van der Waals surface area contributed by atoms with Gasteiger partial charge in [0.15, 0.2) is 0 Å². The van der Waals surface area contributed by atoms with E-state index in [-0.39, 0.29) is 23.6 Å². The Morgan fingerprint density at radius 2 is 1.93 bits per heavy atom. The molecule has 1 aliphatic rings. The first-order valence-corrected chi connectivity index (χ1v) is 6.99. The van der Waals surface area contributed by atoms with Crippen molar-refractivity contribution in [2.45, 2.75) is 25.8 Å². The summed E-state index contributed by atoms with van der Waals surface area (Å²) in [6.45, 7) is 2.54. The Balaban J connectivity index is 2.39. The number of amides is 2. The maximum Gasteiger partial charge on any atom is 0.317 e. The average molecular weight is 234 g/mol. The molecular formula is C9H18N2O3S. The Kier molecular flexibility index (Phi) is 3.96. The predicted molar refractivity (Wildman–Crippen MR) is 58.5 cm³/mol. The van der Waals surface area contributed by atoms with Gasteiger partial charge >= 0.3 is 6.03 Å². The summed E-state index contributed by atoms with van der Waals surface area (Å²) in [4.78, 5) is 13.0. The summed E-state index contributed by atoms with van der Waals surface area (Å²) in [5.41, 5.74) is 0. The molecule has 0 radical (unpaired) electrons. The first-order chi connectivity index (χ1) is 6.94. The molecule has 1 heterocycles. The smallest absolute Gasteiger partial charge is 0.317 e. The molecule has 1 fully saturated rings. The molecule has 0 bridgehead atoms. The average Bonchev–Trinajstić information content (AvgIpc) is 2.20. The van der Waals surface area contributed by atoms with Crippen molar-refractivity contribution in [3.05, 3.63) is 0 Å². The number of carbonyl (C=O) groups is 1. The van der Waals surface area contributed by atoms with Crippen LogP contribution in [0.1, 0.15) is 19.8 Å². The Bertz CT molecular complexity index is 312. The molecule has 1 aliphatic heterocycles. The second kappa shape index (κ2) is 4.83. The second-order valence-electron chi connectivity index (χ2n) is 3.89. The van der Waals surface area contributed by atoms with Gasteiger partial charge in [-0.05, 0) is 19.8 Å². The fraction of sp³-hybridized carbons (Fsp3) is 0.889. The van der Waals surface area contributed by atoms with Crippen LogP contribution in [0.25, 0.3) is 0 Å². The van der Waals surface area contributed by atoms with Gasteiger partial charge in [0.1, 0.15) is 9.84 Å². The zero-order valence-corrected chi connectivity index (χ0v) is 10.0. The van der Waals surface area contributed by atoms with Crippen molar-refractivity contribution < 1.29 is 13.2 Å². The van der Waals surface area contributed by atoms with Gasteiger partial charge in [-0.15, -0.1) is 0 Å². The van der Waals surface area contributed by atoms with Crippen LogP contribution in [0.4, 0.5) is 4.79 Å². The summed E-state index contributed by atoms with van der Waals surface area (Å²) < 4.78 is 22.3. The lowest BCUT2D eigenvalue weighted by atomic mass is 10.2. The monoisotopic (exact) mass is 234 g/mol. The zero-order valence-electron chi connectivity index (χ0n) is 9.19. The Morgan fingerprint density at radius 3 is 2.40 bits per heavy atom. The second-order valence-corrected chi connectivity index (χ2v) is 6.19. The zero-order chi connectivity index (χ0) is 11.5. The van der Waals surface area contributed by atoms with Gasteiger partial charge in [0.05, 0.1) is 11.5 Å². The lowest BCUT2D eigenvalue weighted by molar-refractivity contribution is 0.205. The Morgan fingerprint density at radius 1 is 1.40 bits per heavy atom. The quantitative estimate of drug-likeness (QED) is 0.743. The molecule has 88 valence electrons. The van der Waals surface area contributed by atoms with E-state index < -0.39 is 9.84 Å². The molecule has 0 unspecified atom stereocenters. The molecule has 0 aromatic heterocycles. The SMILES string of the molecule is CCN(C)C(=O)NC1CCS(=O)(=O)CC1. The topological polar surface area (TPSA) is 66.5 Å². The number of nitrogens with zero attached hydrogens (tertiary/aromatic N) is 1. The third-order valence-electron chi connectivity index (χ3n) is 2.70. The van der Waals surface area contributed by atoms with Gasteiger partial charge in [-0.3, -0.25) is 0 Å². The summed E-state index contributed by atoms with van der Waals surface area (Å²) in [5.74, 6) is 0.377. The van der Waals surface area contributed by atoms with Crippen LogP contribution in [-0.2, 0) is 9.84 Å². The highest BCUT2D eigenvalue weighted by molar-refractivity contribution is 7.91. The molecule has 0 atom stereocenters. The van der Waals surface area contributed by atoms with E-state index in [1.807, 2.05) is 6.92 Å². The maximum atomic E-state index is 11.5.